The quantitative estimate of drug-likeness (QED) is 0.626. The third-order valence-electron chi connectivity index (χ3n) is 2.93. The maximum absolute atomic E-state index is 11.7. The van der Waals surface area contributed by atoms with Crippen molar-refractivity contribution in [3.05, 3.63) is 0 Å². The monoisotopic (exact) mass is 264 g/mol. The van der Waals surface area contributed by atoms with Crippen molar-refractivity contribution in [2.75, 3.05) is 32.6 Å². The number of ether oxygens (including phenoxy) is 1. The standard InChI is InChI=1S/C11H24N2O3S/c1-16-9-5-4-8-13-17(14,15)10-11-6-2-3-7-12-11/h11-13H,2-10H2,1H3. The smallest absolute Gasteiger partial charge is 0.213 e. The lowest BCUT2D eigenvalue weighted by Crippen LogP contribution is -2.42. The van der Waals surface area contributed by atoms with Crippen LogP contribution in [0.25, 0.3) is 0 Å². The van der Waals surface area contributed by atoms with Crippen LogP contribution >= 0.6 is 0 Å². The second-order valence-electron chi connectivity index (χ2n) is 4.52. The Labute approximate surface area is 104 Å². The predicted octanol–water partition coefficient (Wildman–Crippen LogP) is 0.475. The Hall–Kier alpha value is -0.170. The van der Waals surface area contributed by atoms with Gasteiger partial charge in [-0.25, -0.2) is 13.1 Å². The Balaban J connectivity index is 2.16. The zero-order valence-corrected chi connectivity index (χ0v) is 11.4. The van der Waals surface area contributed by atoms with Crippen LogP contribution in [0, 0.1) is 0 Å². The van der Waals surface area contributed by atoms with E-state index in [0.29, 0.717) is 13.2 Å². The van der Waals surface area contributed by atoms with Gasteiger partial charge in [-0.05, 0) is 32.2 Å². The van der Waals surface area contributed by atoms with E-state index in [-0.39, 0.29) is 11.8 Å². The number of methoxy groups -OCH3 is 1. The van der Waals surface area contributed by atoms with Crippen molar-refractivity contribution < 1.29 is 13.2 Å². The highest BCUT2D eigenvalue weighted by Crippen LogP contribution is 2.08. The summed E-state index contributed by atoms with van der Waals surface area (Å²) in [5.74, 6) is 0.206. The summed E-state index contributed by atoms with van der Waals surface area (Å²) in [7, 11) is -1.47. The van der Waals surface area contributed by atoms with Crippen molar-refractivity contribution in [3.8, 4) is 0 Å². The van der Waals surface area contributed by atoms with Gasteiger partial charge in [0.25, 0.3) is 0 Å². The number of rotatable bonds is 8. The summed E-state index contributed by atoms with van der Waals surface area (Å²) in [6, 6.07) is 0.125. The summed E-state index contributed by atoms with van der Waals surface area (Å²) in [6.45, 7) is 2.14. The summed E-state index contributed by atoms with van der Waals surface area (Å²) in [5.41, 5.74) is 0. The fourth-order valence-electron chi connectivity index (χ4n) is 1.99. The highest BCUT2D eigenvalue weighted by molar-refractivity contribution is 7.89. The van der Waals surface area contributed by atoms with E-state index in [1.807, 2.05) is 0 Å². The molecule has 0 aromatic rings. The summed E-state index contributed by atoms with van der Waals surface area (Å²) in [4.78, 5) is 0. The highest BCUT2D eigenvalue weighted by Gasteiger charge is 2.20. The lowest BCUT2D eigenvalue weighted by Gasteiger charge is -2.23. The first kappa shape index (κ1) is 14.9. The molecule has 6 heteroatoms. The maximum Gasteiger partial charge on any atom is 0.213 e. The molecule has 0 spiro atoms. The van der Waals surface area contributed by atoms with Crippen LogP contribution in [0.3, 0.4) is 0 Å². The van der Waals surface area contributed by atoms with E-state index in [4.69, 9.17) is 4.74 Å². The molecule has 0 aromatic carbocycles. The summed E-state index contributed by atoms with van der Waals surface area (Å²) >= 11 is 0. The van der Waals surface area contributed by atoms with E-state index in [9.17, 15) is 8.42 Å². The highest BCUT2D eigenvalue weighted by atomic mass is 32.2. The van der Waals surface area contributed by atoms with Gasteiger partial charge in [0, 0.05) is 26.3 Å². The summed E-state index contributed by atoms with van der Waals surface area (Å²) in [5, 5.41) is 3.25. The zero-order chi connectivity index (χ0) is 12.6. The normalized spacial score (nSPS) is 21.6. The Morgan fingerprint density at radius 1 is 1.35 bits per heavy atom. The molecule has 0 saturated carbocycles. The predicted molar refractivity (Wildman–Crippen MR) is 68.5 cm³/mol. The van der Waals surface area contributed by atoms with Crippen LogP contribution in [0.5, 0.6) is 0 Å². The fraction of sp³-hybridized carbons (Fsp3) is 1.00. The topological polar surface area (TPSA) is 67.4 Å². The van der Waals surface area contributed by atoms with Crippen molar-refractivity contribution in [2.45, 2.75) is 38.1 Å². The van der Waals surface area contributed by atoms with Gasteiger partial charge in [-0.15, -0.1) is 0 Å². The van der Waals surface area contributed by atoms with E-state index in [2.05, 4.69) is 10.0 Å². The van der Waals surface area contributed by atoms with E-state index in [1.165, 1.54) is 0 Å². The number of unbranched alkanes of at least 4 members (excludes halogenated alkanes) is 1. The first-order valence-corrected chi connectivity index (χ1v) is 7.99. The van der Waals surface area contributed by atoms with Gasteiger partial charge < -0.3 is 10.1 Å². The Morgan fingerprint density at radius 2 is 2.18 bits per heavy atom. The van der Waals surface area contributed by atoms with E-state index >= 15 is 0 Å². The molecule has 0 bridgehead atoms. The number of hydrogen-bond donors (Lipinski definition) is 2. The van der Waals surface area contributed by atoms with E-state index < -0.39 is 10.0 Å². The van der Waals surface area contributed by atoms with Gasteiger partial charge in [-0.1, -0.05) is 6.42 Å². The molecule has 1 atom stereocenters. The molecule has 1 fully saturated rings. The average molecular weight is 264 g/mol. The van der Waals surface area contributed by atoms with Gasteiger partial charge in [-0.2, -0.15) is 0 Å². The van der Waals surface area contributed by atoms with Crippen LogP contribution in [0.2, 0.25) is 0 Å². The van der Waals surface area contributed by atoms with Gasteiger partial charge in [0.2, 0.25) is 10.0 Å². The Kier molecular flexibility index (Phi) is 7.03. The molecule has 102 valence electrons. The van der Waals surface area contributed by atoms with Gasteiger partial charge in [0.1, 0.15) is 0 Å². The van der Waals surface area contributed by atoms with Crippen LogP contribution in [-0.4, -0.2) is 47.0 Å². The van der Waals surface area contributed by atoms with Gasteiger partial charge in [0.15, 0.2) is 0 Å². The lowest BCUT2D eigenvalue weighted by molar-refractivity contribution is 0.193. The third kappa shape index (κ3) is 6.98. The molecule has 2 N–H and O–H groups in total. The largest absolute Gasteiger partial charge is 0.385 e. The molecule has 1 heterocycles. The van der Waals surface area contributed by atoms with E-state index in [0.717, 1.165) is 38.6 Å². The molecule has 5 nitrogen and oxygen atoms in total. The lowest BCUT2D eigenvalue weighted by atomic mass is 10.1. The number of nitrogens with one attached hydrogen (secondary N) is 2. The van der Waals surface area contributed by atoms with Crippen molar-refractivity contribution in [1.82, 2.24) is 10.0 Å². The zero-order valence-electron chi connectivity index (χ0n) is 10.6. The molecule has 0 amide bonds. The van der Waals surface area contributed by atoms with Crippen molar-refractivity contribution in [1.29, 1.82) is 0 Å². The molecular weight excluding hydrogens is 240 g/mol. The molecule has 0 radical (unpaired) electrons. The van der Waals surface area contributed by atoms with E-state index in [1.54, 1.807) is 7.11 Å². The summed E-state index contributed by atoms with van der Waals surface area (Å²) in [6.07, 6.45) is 4.96. The first-order valence-electron chi connectivity index (χ1n) is 6.34. The summed E-state index contributed by atoms with van der Waals surface area (Å²) < 4.78 is 31.0. The fourth-order valence-corrected chi connectivity index (χ4v) is 3.38. The van der Waals surface area contributed by atoms with Crippen LogP contribution in [-0.2, 0) is 14.8 Å². The second kappa shape index (κ2) is 8.02. The Morgan fingerprint density at radius 3 is 2.82 bits per heavy atom. The molecular formula is C11H24N2O3S. The van der Waals surface area contributed by atoms with Gasteiger partial charge >= 0.3 is 0 Å². The van der Waals surface area contributed by atoms with Gasteiger partial charge in [0.05, 0.1) is 5.75 Å². The van der Waals surface area contributed by atoms with Crippen LogP contribution < -0.4 is 10.0 Å². The minimum absolute atomic E-state index is 0.125. The molecule has 0 aromatic heterocycles. The molecule has 17 heavy (non-hydrogen) atoms. The minimum Gasteiger partial charge on any atom is -0.385 e. The molecule has 1 aliphatic heterocycles. The van der Waals surface area contributed by atoms with Crippen molar-refractivity contribution >= 4 is 10.0 Å². The first-order chi connectivity index (χ1) is 8.14. The van der Waals surface area contributed by atoms with Gasteiger partial charge in [-0.3, -0.25) is 0 Å². The third-order valence-corrected chi connectivity index (χ3v) is 4.42. The minimum atomic E-state index is -3.12. The maximum atomic E-state index is 11.7. The van der Waals surface area contributed by atoms with Crippen molar-refractivity contribution in [3.63, 3.8) is 0 Å². The molecule has 1 saturated heterocycles. The van der Waals surface area contributed by atoms with Crippen LogP contribution in [0.4, 0.5) is 0 Å². The Bertz CT molecular complexity index is 287. The number of sulfonamides is 1. The number of piperidine rings is 1. The number of hydrogen-bond acceptors (Lipinski definition) is 4. The second-order valence-corrected chi connectivity index (χ2v) is 6.37. The van der Waals surface area contributed by atoms with Crippen molar-refractivity contribution in [2.24, 2.45) is 0 Å². The molecule has 0 aliphatic carbocycles. The van der Waals surface area contributed by atoms with Crippen LogP contribution in [0.1, 0.15) is 32.1 Å². The van der Waals surface area contributed by atoms with Crippen LogP contribution in [0.15, 0.2) is 0 Å². The SMILES string of the molecule is COCCCCNS(=O)(=O)CC1CCCCN1. The average Bonchev–Trinajstić information content (AvgIpc) is 2.29. The molecule has 1 rings (SSSR count). The molecule has 1 unspecified atom stereocenters. The molecule has 1 aliphatic rings.